The van der Waals surface area contributed by atoms with Crippen molar-refractivity contribution in [2.24, 2.45) is 0 Å². The molecule has 0 atom stereocenters. The van der Waals surface area contributed by atoms with Crippen LogP contribution in [0.2, 0.25) is 5.02 Å². The highest BCUT2D eigenvalue weighted by Gasteiger charge is 2.13. The van der Waals surface area contributed by atoms with Gasteiger partial charge < -0.3 is 14.6 Å². The smallest absolute Gasteiger partial charge is 0.193 e. The lowest BCUT2D eigenvalue weighted by Gasteiger charge is -2.14. The third-order valence-electron chi connectivity index (χ3n) is 2.99. The summed E-state index contributed by atoms with van der Waals surface area (Å²) in [7, 11) is 1.53. The molecule has 0 saturated carbocycles. The number of fused-ring (bicyclic) bond motifs is 1. The molecule has 0 aliphatic heterocycles. The number of aliphatic hydroxyl groups excluding tert-OH is 1. The van der Waals surface area contributed by atoms with Crippen LogP contribution in [0.3, 0.4) is 0 Å². The van der Waals surface area contributed by atoms with E-state index in [1.54, 1.807) is 23.5 Å². The molecular formula is C14H13ClN2O3S. The fourth-order valence-corrected chi connectivity index (χ4v) is 3.00. The Morgan fingerprint density at radius 2 is 2.29 bits per heavy atom. The summed E-state index contributed by atoms with van der Waals surface area (Å²) in [4.78, 5) is 5.36. The van der Waals surface area contributed by atoms with E-state index in [-0.39, 0.29) is 6.61 Å². The Balaban J connectivity index is 1.85. The molecule has 3 aromatic rings. The van der Waals surface area contributed by atoms with Gasteiger partial charge in [-0.25, -0.2) is 4.98 Å². The largest absolute Gasteiger partial charge is 0.493 e. The number of hydrogen-bond donors (Lipinski definition) is 1. The molecule has 0 fully saturated rings. The quantitative estimate of drug-likeness (QED) is 0.783. The summed E-state index contributed by atoms with van der Waals surface area (Å²) in [5.74, 6) is 0.980. The van der Waals surface area contributed by atoms with Crippen LogP contribution < -0.4 is 9.47 Å². The molecule has 0 radical (unpaired) electrons. The maximum atomic E-state index is 9.43. The van der Waals surface area contributed by atoms with Crippen molar-refractivity contribution >= 4 is 27.9 Å². The maximum absolute atomic E-state index is 9.43. The molecule has 5 nitrogen and oxygen atoms in total. The highest BCUT2D eigenvalue weighted by atomic mass is 35.5. The van der Waals surface area contributed by atoms with Crippen molar-refractivity contribution in [2.75, 3.05) is 7.11 Å². The van der Waals surface area contributed by atoms with E-state index in [0.717, 1.165) is 10.7 Å². The molecule has 0 bridgehead atoms. The average molecular weight is 325 g/mol. The molecule has 1 N–H and O–H groups in total. The number of hydrogen-bond acceptors (Lipinski definition) is 5. The number of halogens is 1. The molecule has 0 unspecified atom stereocenters. The monoisotopic (exact) mass is 324 g/mol. The number of ether oxygens (including phenoxy) is 2. The van der Waals surface area contributed by atoms with Gasteiger partial charge in [0.25, 0.3) is 0 Å². The van der Waals surface area contributed by atoms with Gasteiger partial charge in [0.15, 0.2) is 16.5 Å². The molecule has 2 heterocycles. The number of nitrogens with zero attached hydrogens (tertiary/aromatic N) is 2. The summed E-state index contributed by atoms with van der Waals surface area (Å²) >= 11 is 7.54. The average Bonchev–Trinajstić information content (AvgIpc) is 3.05. The summed E-state index contributed by atoms with van der Waals surface area (Å²) in [5, 5.41) is 11.9. The van der Waals surface area contributed by atoms with Crippen LogP contribution in [0, 0.1) is 0 Å². The normalized spacial score (nSPS) is 11.0. The van der Waals surface area contributed by atoms with E-state index in [1.807, 2.05) is 22.2 Å². The molecule has 1 aromatic carbocycles. The number of aliphatic hydroxyl groups is 1. The highest BCUT2D eigenvalue weighted by Crippen LogP contribution is 2.35. The predicted molar refractivity (Wildman–Crippen MR) is 81.3 cm³/mol. The number of thiazole rings is 1. The van der Waals surface area contributed by atoms with Gasteiger partial charge in [-0.3, -0.25) is 4.40 Å². The van der Waals surface area contributed by atoms with Gasteiger partial charge in [0.05, 0.1) is 19.4 Å². The molecule has 110 valence electrons. The molecule has 3 rings (SSSR count). The number of benzene rings is 1. The van der Waals surface area contributed by atoms with Gasteiger partial charge in [-0.05, 0) is 6.07 Å². The fourth-order valence-electron chi connectivity index (χ4n) is 2.05. The first-order valence-electron chi connectivity index (χ1n) is 6.22. The van der Waals surface area contributed by atoms with Gasteiger partial charge in [0.2, 0.25) is 0 Å². The molecule has 0 spiro atoms. The molecule has 0 aliphatic rings. The van der Waals surface area contributed by atoms with Crippen molar-refractivity contribution in [3.63, 3.8) is 0 Å². The summed E-state index contributed by atoms with van der Waals surface area (Å²) in [6.07, 6.45) is 3.85. The van der Waals surface area contributed by atoms with E-state index >= 15 is 0 Å². The van der Waals surface area contributed by atoms with Crippen LogP contribution >= 0.6 is 22.9 Å². The molecule has 0 amide bonds. The second-order valence-electron chi connectivity index (χ2n) is 4.37. The zero-order valence-electron chi connectivity index (χ0n) is 11.2. The second kappa shape index (κ2) is 5.93. The van der Waals surface area contributed by atoms with Crippen LogP contribution in [-0.4, -0.2) is 21.6 Å². The van der Waals surface area contributed by atoms with E-state index in [4.69, 9.17) is 21.1 Å². The van der Waals surface area contributed by atoms with Crippen molar-refractivity contribution in [1.82, 2.24) is 9.38 Å². The van der Waals surface area contributed by atoms with Gasteiger partial charge in [0.1, 0.15) is 6.61 Å². The van der Waals surface area contributed by atoms with Crippen molar-refractivity contribution in [1.29, 1.82) is 0 Å². The van der Waals surface area contributed by atoms with Crippen LogP contribution in [-0.2, 0) is 13.2 Å². The van der Waals surface area contributed by atoms with Gasteiger partial charge in [-0.15, -0.1) is 11.3 Å². The molecule has 0 aliphatic carbocycles. The predicted octanol–water partition coefficient (Wildman–Crippen LogP) is 3.13. The molecular weight excluding hydrogens is 312 g/mol. The lowest BCUT2D eigenvalue weighted by molar-refractivity contribution is 0.248. The number of imidazole rings is 1. The lowest BCUT2D eigenvalue weighted by Crippen LogP contribution is -2.01. The summed E-state index contributed by atoms with van der Waals surface area (Å²) in [6, 6.07) is 3.31. The Labute approximate surface area is 130 Å². The third-order valence-corrected chi connectivity index (χ3v) is 3.98. The van der Waals surface area contributed by atoms with E-state index < -0.39 is 0 Å². The van der Waals surface area contributed by atoms with E-state index in [2.05, 4.69) is 4.98 Å². The third kappa shape index (κ3) is 2.83. The Morgan fingerprint density at radius 3 is 3.00 bits per heavy atom. The summed E-state index contributed by atoms with van der Waals surface area (Å²) < 4.78 is 13.0. The molecule has 2 aromatic heterocycles. The summed E-state index contributed by atoms with van der Waals surface area (Å²) in [5.41, 5.74) is 1.39. The zero-order chi connectivity index (χ0) is 14.8. The minimum atomic E-state index is -0.176. The Morgan fingerprint density at radius 1 is 1.43 bits per heavy atom. The van der Waals surface area contributed by atoms with E-state index in [1.165, 1.54) is 7.11 Å². The van der Waals surface area contributed by atoms with Gasteiger partial charge in [-0.1, -0.05) is 11.6 Å². The summed E-state index contributed by atoms with van der Waals surface area (Å²) in [6.45, 7) is 0.115. The van der Waals surface area contributed by atoms with Gasteiger partial charge in [0, 0.05) is 34.4 Å². The lowest BCUT2D eigenvalue weighted by atomic mass is 10.2. The van der Waals surface area contributed by atoms with Crippen LogP contribution in [0.15, 0.2) is 29.9 Å². The maximum Gasteiger partial charge on any atom is 0.193 e. The van der Waals surface area contributed by atoms with Crippen molar-refractivity contribution in [3.8, 4) is 11.5 Å². The van der Waals surface area contributed by atoms with Gasteiger partial charge >= 0.3 is 0 Å². The number of aromatic nitrogens is 2. The van der Waals surface area contributed by atoms with E-state index in [9.17, 15) is 5.11 Å². The zero-order valence-corrected chi connectivity index (χ0v) is 12.8. The van der Waals surface area contributed by atoms with Crippen molar-refractivity contribution in [3.05, 3.63) is 46.2 Å². The molecule has 7 heteroatoms. The second-order valence-corrected chi connectivity index (χ2v) is 5.68. The molecule has 0 saturated heterocycles. The minimum absolute atomic E-state index is 0.176. The van der Waals surface area contributed by atoms with Crippen LogP contribution in [0.25, 0.3) is 4.96 Å². The Hall–Kier alpha value is -1.76. The first-order chi connectivity index (χ1) is 10.2. The van der Waals surface area contributed by atoms with Crippen molar-refractivity contribution < 1.29 is 14.6 Å². The first-order valence-corrected chi connectivity index (χ1v) is 7.48. The van der Waals surface area contributed by atoms with Crippen molar-refractivity contribution in [2.45, 2.75) is 13.2 Å². The first kappa shape index (κ1) is 14.2. The number of methoxy groups -OCH3 is 1. The van der Waals surface area contributed by atoms with E-state index in [0.29, 0.717) is 28.7 Å². The Kier molecular flexibility index (Phi) is 4.01. The van der Waals surface area contributed by atoms with Crippen LogP contribution in [0.1, 0.15) is 11.3 Å². The minimum Gasteiger partial charge on any atom is -0.493 e. The fraction of sp³-hybridized carbons (Fsp3) is 0.214. The topological polar surface area (TPSA) is 56.0 Å². The number of rotatable bonds is 5. The SMILES string of the molecule is COc1cc(Cl)cc(CO)c1OCc1cn2ccsc2n1. The van der Waals surface area contributed by atoms with Crippen LogP contribution in [0.5, 0.6) is 11.5 Å². The standard InChI is InChI=1S/C14H13ClN2O3S/c1-19-12-5-10(15)4-9(7-18)13(12)20-8-11-6-17-2-3-21-14(17)16-11/h2-6,18H,7-8H2,1H3. The van der Waals surface area contributed by atoms with Crippen LogP contribution in [0.4, 0.5) is 0 Å². The Bertz CT molecular complexity index is 715. The van der Waals surface area contributed by atoms with Gasteiger partial charge in [-0.2, -0.15) is 0 Å². The molecule has 21 heavy (non-hydrogen) atoms. The highest BCUT2D eigenvalue weighted by molar-refractivity contribution is 7.15.